The molecule has 0 aromatic carbocycles. The highest BCUT2D eigenvalue weighted by atomic mass is 15.3. The molecule has 1 unspecified atom stereocenters. The summed E-state index contributed by atoms with van der Waals surface area (Å²) in [5.41, 5.74) is 0.258. The second-order valence-corrected chi connectivity index (χ2v) is 9.29. The van der Waals surface area contributed by atoms with Gasteiger partial charge >= 0.3 is 0 Å². The van der Waals surface area contributed by atoms with Crippen LogP contribution in [-0.4, -0.2) is 84.5 Å². The molecule has 0 spiro atoms. The van der Waals surface area contributed by atoms with Crippen LogP contribution in [0.1, 0.15) is 52.4 Å². The standard InChI is InChI=1S/C23H38N6/c1-19-6-4-10-27(19)15-14-26(3)23(22(16-24)17-25)28-12-8-21(9-13-28)18-29-11-5-7-20(29)2/h19-21H,4-15,18H2,1-3H3/t19-,20?/m1/s1. The molecule has 3 heterocycles. The Kier molecular flexibility index (Phi) is 7.81. The Balaban J connectivity index is 1.58. The van der Waals surface area contributed by atoms with Gasteiger partial charge in [0, 0.05) is 51.9 Å². The van der Waals surface area contributed by atoms with E-state index >= 15 is 0 Å². The van der Waals surface area contributed by atoms with E-state index in [9.17, 15) is 10.5 Å². The molecule has 0 aromatic rings. The maximum absolute atomic E-state index is 9.57. The van der Waals surface area contributed by atoms with Crippen LogP contribution >= 0.6 is 0 Å². The molecular formula is C23H38N6. The molecule has 29 heavy (non-hydrogen) atoms. The lowest BCUT2D eigenvalue weighted by molar-refractivity contribution is 0.131. The smallest absolute Gasteiger partial charge is 0.169 e. The Bertz CT molecular complexity index is 635. The summed E-state index contributed by atoms with van der Waals surface area (Å²) in [5.74, 6) is 1.58. The maximum atomic E-state index is 9.57. The largest absolute Gasteiger partial charge is 0.358 e. The number of nitrogens with zero attached hydrogens (tertiary/aromatic N) is 6. The minimum atomic E-state index is 0.258. The lowest BCUT2D eigenvalue weighted by atomic mass is 9.95. The molecule has 3 rings (SSSR count). The number of likely N-dealkylation sites (N-methyl/N-ethyl adjacent to an activating group) is 1. The molecule has 2 atom stereocenters. The third-order valence-corrected chi connectivity index (χ3v) is 7.32. The van der Waals surface area contributed by atoms with Crippen LogP contribution in [0.4, 0.5) is 0 Å². The van der Waals surface area contributed by atoms with E-state index in [0.717, 1.165) is 63.3 Å². The fraction of sp³-hybridized carbons (Fsp3) is 0.826. The van der Waals surface area contributed by atoms with Gasteiger partial charge in [-0.25, -0.2) is 0 Å². The first kappa shape index (κ1) is 21.9. The van der Waals surface area contributed by atoms with Crippen LogP contribution in [0.15, 0.2) is 11.4 Å². The summed E-state index contributed by atoms with van der Waals surface area (Å²) >= 11 is 0. The summed E-state index contributed by atoms with van der Waals surface area (Å²) in [5, 5.41) is 19.1. The summed E-state index contributed by atoms with van der Waals surface area (Å²) in [6, 6.07) is 5.68. The minimum absolute atomic E-state index is 0.258. The van der Waals surface area contributed by atoms with E-state index in [0.29, 0.717) is 6.04 Å². The highest BCUT2D eigenvalue weighted by Gasteiger charge is 2.29. The van der Waals surface area contributed by atoms with E-state index in [1.807, 2.05) is 7.05 Å². The molecule has 3 aliphatic rings. The van der Waals surface area contributed by atoms with Crippen molar-refractivity contribution >= 4 is 0 Å². The minimum Gasteiger partial charge on any atom is -0.358 e. The van der Waals surface area contributed by atoms with Crippen molar-refractivity contribution in [3.05, 3.63) is 11.4 Å². The number of hydrogen-bond acceptors (Lipinski definition) is 6. The van der Waals surface area contributed by atoms with Gasteiger partial charge < -0.3 is 14.7 Å². The first-order chi connectivity index (χ1) is 14.0. The average Bonchev–Trinajstić information content (AvgIpc) is 3.33. The summed E-state index contributed by atoms with van der Waals surface area (Å²) in [6.45, 7) is 12.0. The topological polar surface area (TPSA) is 60.5 Å². The molecule has 0 radical (unpaired) electrons. The fourth-order valence-corrected chi connectivity index (χ4v) is 5.35. The van der Waals surface area contributed by atoms with Crippen LogP contribution in [-0.2, 0) is 0 Å². The third-order valence-electron chi connectivity index (χ3n) is 7.32. The van der Waals surface area contributed by atoms with Crippen molar-refractivity contribution in [1.29, 1.82) is 10.5 Å². The van der Waals surface area contributed by atoms with Gasteiger partial charge in [-0.1, -0.05) is 0 Å². The van der Waals surface area contributed by atoms with Crippen molar-refractivity contribution in [2.75, 3.05) is 52.9 Å². The zero-order valence-electron chi connectivity index (χ0n) is 18.6. The van der Waals surface area contributed by atoms with Crippen molar-refractivity contribution < 1.29 is 0 Å². The highest BCUT2D eigenvalue weighted by molar-refractivity contribution is 5.39. The molecule has 6 nitrogen and oxygen atoms in total. The van der Waals surface area contributed by atoms with Gasteiger partial charge in [-0.3, -0.25) is 4.90 Å². The van der Waals surface area contributed by atoms with Gasteiger partial charge in [0.25, 0.3) is 0 Å². The number of piperidine rings is 1. The first-order valence-corrected chi connectivity index (χ1v) is 11.5. The lowest BCUT2D eigenvalue weighted by Gasteiger charge is -2.40. The molecular weight excluding hydrogens is 360 g/mol. The molecule has 0 amide bonds. The predicted octanol–water partition coefficient (Wildman–Crippen LogP) is 2.86. The second kappa shape index (κ2) is 10.3. The molecule has 0 saturated carbocycles. The van der Waals surface area contributed by atoms with Crippen LogP contribution in [0.2, 0.25) is 0 Å². The molecule has 0 aliphatic carbocycles. The van der Waals surface area contributed by atoms with E-state index < -0.39 is 0 Å². The zero-order valence-corrected chi connectivity index (χ0v) is 18.6. The SMILES string of the molecule is CC1CCCN1CC1CCN(C(=C(C#N)C#N)N(C)CCN2CCC[C@H]2C)CC1. The first-order valence-electron chi connectivity index (χ1n) is 11.5. The number of allylic oxidation sites excluding steroid dienone is 1. The molecule has 3 fully saturated rings. The van der Waals surface area contributed by atoms with Crippen LogP contribution in [0.3, 0.4) is 0 Å². The Morgan fingerprint density at radius 1 is 0.897 bits per heavy atom. The molecule has 3 aliphatic heterocycles. The van der Waals surface area contributed by atoms with Gasteiger partial charge in [0.1, 0.15) is 18.0 Å². The van der Waals surface area contributed by atoms with Gasteiger partial charge in [-0.05, 0) is 71.4 Å². The molecule has 3 saturated heterocycles. The number of nitriles is 2. The van der Waals surface area contributed by atoms with Crippen LogP contribution in [0, 0.1) is 28.6 Å². The van der Waals surface area contributed by atoms with Gasteiger partial charge in [0.15, 0.2) is 5.57 Å². The predicted molar refractivity (Wildman–Crippen MR) is 116 cm³/mol. The Hall–Kier alpha value is -1.76. The Labute approximate surface area is 177 Å². The van der Waals surface area contributed by atoms with Crippen molar-refractivity contribution in [3.8, 4) is 12.1 Å². The highest BCUT2D eigenvalue weighted by Crippen LogP contribution is 2.27. The van der Waals surface area contributed by atoms with Crippen LogP contribution in [0.25, 0.3) is 0 Å². The summed E-state index contributed by atoms with van der Waals surface area (Å²) < 4.78 is 0. The molecule has 0 N–H and O–H groups in total. The summed E-state index contributed by atoms with van der Waals surface area (Å²) in [7, 11) is 2.04. The molecule has 0 bridgehead atoms. The zero-order chi connectivity index (χ0) is 20.8. The summed E-state index contributed by atoms with van der Waals surface area (Å²) in [4.78, 5) is 9.61. The molecule has 6 heteroatoms. The van der Waals surface area contributed by atoms with Crippen LogP contribution < -0.4 is 0 Å². The van der Waals surface area contributed by atoms with Gasteiger partial charge in [-0.15, -0.1) is 0 Å². The van der Waals surface area contributed by atoms with Gasteiger partial charge in [0.2, 0.25) is 0 Å². The molecule has 160 valence electrons. The number of rotatable bonds is 7. The van der Waals surface area contributed by atoms with E-state index in [4.69, 9.17) is 0 Å². The Morgan fingerprint density at radius 3 is 2.00 bits per heavy atom. The average molecular weight is 399 g/mol. The Morgan fingerprint density at radius 2 is 1.48 bits per heavy atom. The van der Waals surface area contributed by atoms with Crippen molar-refractivity contribution in [2.24, 2.45) is 5.92 Å². The second-order valence-electron chi connectivity index (χ2n) is 9.29. The quantitative estimate of drug-likeness (QED) is 0.615. The summed E-state index contributed by atoms with van der Waals surface area (Å²) in [6.07, 6.45) is 7.51. The van der Waals surface area contributed by atoms with E-state index in [1.165, 1.54) is 38.8 Å². The normalized spacial score (nSPS) is 26.3. The van der Waals surface area contributed by atoms with Gasteiger partial charge in [-0.2, -0.15) is 10.5 Å². The van der Waals surface area contributed by atoms with Gasteiger partial charge in [0.05, 0.1) is 0 Å². The van der Waals surface area contributed by atoms with Crippen molar-refractivity contribution in [2.45, 2.75) is 64.5 Å². The van der Waals surface area contributed by atoms with Crippen molar-refractivity contribution in [1.82, 2.24) is 19.6 Å². The third kappa shape index (κ3) is 5.44. The van der Waals surface area contributed by atoms with E-state index in [1.54, 1.807) is 0 Å². The maximum Gasteiger partial charge on any atom is 0.169 e. The van der Waals surface area contributed by atoms with Crippen molar-refractivity contribution in [3.63, 3.8) is 0 Å². The molecule has 0 aromatic heterocycles. The number of likely N-dealkylation sites (tertiary alicyclic amines) is 3. The van der Waals surface area contributed by atoms with Crippen LogP contribution in [0.5, 0.6) is 0 Å². The van der Waals surface area contributed by atoms with E-state index in [-0.39, 0.29) is 5.57 Å². The fourth-order valence-electron chi connectivity index (χ4n) is 5.35. The number of hydrogen-bond donors (Lipinski definition) is 0. The lowest BCUT2D eigenvalue weighted by Crippen LogP contribution is -2.44. The van der Waals surface area contributed by atoms with E-state index in [2.05, 4.69) is 45.6 Å². The monoisotopic (exact) mass is 398 g/mol.